The number of carbonyl (C=O) groups excluding carboxylic acids is 3. The maximum absolute atomic E-state index is 12.9. The SMILES string of the molecule is CCCCCCCCCCCCCCCCCCCCCC(=O)OC[C@H](COC(=O)CCCCCCCCCCCCCCCCCCC)OC(=O)CCCCCCCCCCCCCCCCC(C)C. The summed E-state index contributed by atoms with van der Waals surface area (Å²) in [5, 5.41) is 0. The van der Waals surface area contributed by atoms with Gasteiger partial charge >= 0.3 is 17.9 Å². The summed E-state index contributed by atoms with van der Waals surface area (Å²) in [4.78, 5) is 38.3. The van der Waals surface area contributed by atoms with Crippen molar-refractivity contribution in [3.05, 3.63) is 0 Å². The molecule has 0 aliphatic carbocycles. The highest BCUT2D eigenvalue weighted by Gasteiger charge is 2.19. The zero-order chi connectivity index (χ0) is 51.6. The van der Waals surface area contributed by atoms with Crippen LogP contribution in [0.15, 0.2) is 0 Å². The first-order chi connectivity index (χ1) is 34.9. The van der Waals surface area contributed by atoms with E-state index in [1.165, 1.54) is 270 Å². The summed E-state index contributed by atoms with van der Waals surface area (Å²) < 4.78 is 17.0. The Kier molecular flexibility index (Phi) is 58.0. The molecule has 0 amide bonds. The van der Waals surface area contributed by atoms with Gasteiger partial charge in [-0.15, -0.1) is 0 Å². The largest absolute Gasteiger partial charge is 0.462 e. The zero-order valence-corrected chi connectivity index (χ0v) is 48.7. The van der Waals surface area contributed by atoms with Gasteiger partial charge in [0.25, 0.3) is 0 Å². The maximum Gasteiger partial charge on any atom is 0.306 e. The fraction of sp³-hybridized carbons (Fsp3) is 0.954. The molecule has 0 unspecified atom stereocenters. The minimum Gasteiger partial charge on any atom is -0.462 e. The van der Waals surface area contributed by atoms with E-state index < -0.39 is 6.10 Å². The molecule has 0 radical (unpaired) electrons. The van der Waals surface area contributed by atoms with Gasteiger partial charge in [-0.25, -0.2) is 0 Å². The summed E-state index contributed by atoms with van der Waals surface area (Å²) in [7, 11) is 0. The van der Waals surface area contributed by atoms with Crippen LogP contribution in [-0.4, -0.2) is 37.2 Å². The van der Waals surface area contributed by atoms with E-state index in [1.54, 1.807) is 0 Å². The Labute approximate surface area is 444 Å². The number of esters is 3. The van der Waals surface area contributed by atoms with Gasteiger partial charge in [0.15, 0.2) is 6.10 Å². The molecule has 6 heteroatoms. The van der Waals surface area contributed by atoms with Crippen LogP contribution in [0.4, 0.5) is 0 Å². The van der Waals surface area contributed by atoms with Gasteiger partial charge in [-0.1, -0.05) is 336 Å². The quantitative estimate of drug-likeness (QED) is 0.0343. The van der Waals surface area contributed by atoms with E-state index in [1.807, 2.05) is 0 Å². The summed E-state index contributed by atoms with van der Waals surface area (Å²) >= 11 is 0. The lowest BCUT2D eigenvalue weighted by atomic mass is 10.0. The highest BCUT2D eigenvalue weighted by Crippen LogP contribution is 2.19. The number of hydrogen-bond donors (Lipinski definition) is 0. The minimum atomic E-state index is -0.763. The topological polar surface area (TPSA) is 78.9 Å². The molecule has 0 aromatic carbocycles. The molecule has 0 rings (SSSR count). The molecule has 6 nitrogen and oxygen atoms in total. The van der Waals surface area contributed by atoms with Crippen molar-refractivity contribution in [1.82, 2.24) is 0 Å². The van der Waals surface area contributed by atoms with Gasteiger partial charge in [0.2, 0.25) is 0 Å². The van der Waals surface area contributed by atoms with Gasteiger partial charge in [-0.05, 0) is 25.2 Å². The number of carbonyl (C=O) groups is 3. The molecule has 0 spiro atoms. The molecule has 0 aromatic heterocycles. The summed E-state index contributed by atoms with van der Waals surface area (Å²) in [5.74, 6) is 0.0169. The van der Waals surface area contributed by atoms with Gasteiger partial charge in [-0.3, -0.25) is 14.4 Å². The summed E-state index contributed by atoms with van der Waals surface area (Å²) in [6.45, 7) is 9.10. The molecule has 0 N–H and O–H groups in total. The summed E-state index contributed by atoms with van der Waals surface area (Å²) in [5.41, 5.74) is 0. The number of rotatable bonds is 60. The molecule has 0 aliphatic rings. The van der Waals surface area contributed by atoms with Gasteiger partial charge in [0.05, 0.1) is 0 Å². The number of hydrogen-bond acceptors (Lipinski definition) is 6. The van der Waals surface area contributed by atoms with Crippen molar-refractivity contribution in [3.8, 4) is 0 Å². The first-order valence-electron chi connectivity index (χ1n) is 32.4. The van der Waals surface area contributed by atoms with Gasteiger partial charge in [0, 0.05) is 19.3 Å². The van der Waals surface area contributed by atoms with Crippen LogP contribution < -0.4 is 0 Å². The molecule has 0 saturated carbocycles. The highest BCUT2D eigenvalue weighted by atomic mass is 16.6. The average Bonchev–Trinajstić information content (AvgIpc) is 3.36. The van der Waals surface area contributed by atoms with E-state index in [9.17, 15) is 14.4 Å². The standard InChI is InChI=1S/C65H126O6/c1-5-7-9-11-13-15-17-19-21-23-24-26-28-33-37-41-45-49-53-57-64(67)70-60-62(71-65(68)58-54-50-46-42-38-34-30-29-31-35-39-43-47-51-55-61(3)4)59-69-63(66)56-52-48-44-40-36-32-27-25-22-20-18-16-14-12-10-8-6-2/h61-62H,5-60H2,1-4H3/t62-/m0/s1. The van der Waals surface area contributed by atoms with Crippen molar-refractivity contribution in [2.75, 3.05) is 13.2 Å². The predicted octanol–water partition coefficient (Wildman–Crippen LogP) is 21.7. The molecular formula is C65H126O6. The smallest absolute Gasteiger partial charge is 0.306 e. The lowest BCUT2D eigenvalue weighted by molar-refractivity contribution is -0.167. The molecule has 0 heterocycles. The molecule has 422 valence electrons. The monoisotopic (exact) mass is 1000 g/mol. The van der Waals surface area contributed by atoms with E-state index in [0.717, 1.165) is 63.7 Å². The van der Waals surface area contributed by atoms with Crippen molar-refractivity contribution in [2.45, 2.75) is 381 Å². The Morgan fingerprint density at radius 1 is 0.268 bits per heavy atom. The van der Waals surface area contributed by atoms with Gasteiger partial charge in [-0.2, -0.15) is 0 Å². The normalized spacial score (nSPS) is 12.0. The molecule has 0 aliphatic heterocycles. The second-order valence-electron chi connectivity index (χ2n) is 22.9. The van der Waals surface area contributed by atoms with E-state index in [2.05, 4.69) is 27.7 Å². The van der Waals surface area contributed by atoms with Crippen LogP contribution in [0.5, 0.6) is 0 Å². The van der Waals surface area contributed by atoms with E-state index in [0.29, 0.717) is 19.3 Å². The predicted molar refractivity (Wildman–Crippen MR) is 307 cm³/mol. The Balaban J connectivity index is 4.28. The Hall–Kier alpha value is -1.59. The van der Waals surface area contributed by atoms with Crippen LogP contribution in [0.25, 0.3) is 0 Å². The van der Waals surface area contributed by atoms with Crippen LogP contribution >= 0.6 is 0 Å². The van der Waals surface area contributed by atoms with E-state index in [-0.39, 0.29) is 31.1 Å². The van der Waals surface area contributed by atoms with E-state index >= 15 is 0 Å². The van der Waals surface area contributed by atoms with Crippen LogP contribution in [0, 0.1) is 5.92 Å². The van der Waals surface area contributed by atoms with Crippen molar-refractivity contribution in [2.24, 2.45) is 5.92 Å². The van der Waals surface area contributed by atoms with Crippen molar-refractivity contribution < 1.29 is 28.6 Å². The van der Waals surface area contributed by atoms with Gasteiger partial charge < -0.3 is 14.2 Å². The Morgan fingerprint density at radius 3 is 0.690 bits per heavy atom. The second kappa shape index (κ2) is 59.3. The van der Waals surface area contributed by atoms with Crippen molar-refractivity contribution in [1.29, 1.82) is 0 Å². The molecule has 0 fully saturated rings. The zero-order valence-electron chi connectivity index (χ0n) is 48.7. The van der Waals surface area contributed by atoms with Crippen molar-refractivity contribution in [3.63, 3.8) is 0 Å². The van der Waals surface area contributed by atoms with Gasteiger partial charge in [0.1, 0.15) is 13.2 Å². The molecule has 0 aromatic rings. The minimum absolute atomic E-state index is 0.0611. The third-order valence-corrected chi connectivity index (χ3v) is 15.0. The molecule has 71 heavy (non-hydrogen) atoms. The molecule has 0 saturated heterocycles. The van der Waals surface area contributed by atoms with Crippen LogP contribution in [0.2, 0.25) is 0 Å². The summed E-state index contributed by atoms with van der Waals surface area (Å²) in [6, 6.07) is 0. The van der Waals surface area contributed by atoms with Crippen LogP contribution in [0.1, 0.15) is 374 Å². The maximum atomic E-state index is 12.9. The number of unbranched alkanes of at least 4 members (excludes halogenated alkanes) is 47. The fourth-order valence-corrected chi connectivity index (χ4v) is 10.2. The first kappa shape index (κ1) is 69.4. The second-order valence-corrected chi connectivity index (χ2v) is 22.9. The van der Waals surface area contributed by atoms with Crippen molar-refractivity contribution >= 4 is 17.9 Å². The van der Waals surface area contributed by atoms with Crippen LogP contribution in [-0.2, 0) is 28.6 Å². The third-order valence-electron chi connectivity index (χ3n) is 15.0. The summed E-state index contributed by atoms with van der Waals surface area (Å²) in [6.07, 6.45) is 66.8. The molecule has 1 atom stereocenters. The lowest BCUT2D eigenvalue weighted by Gasteiger charge is -2.18. The van der Waals surface area contributed by atoms with Crippen LogP contribution in [0.3, 0.4) is 0 Å². The fourth-order valence-electron chi connectivity index (χ4n) is 10.2. The first-order valence-corrected chi connectivity index (χ1v) is 32.4. The lowest BCUT2D eigenvalue weighted by Crippen LogP contribution is -2.30. The molecular weight excluding hydrogens is 877 g/mol. The Bertz CT molecular complexity index is 1070. The average molecular weight is 1000 g/mol. The molecule has 0 bridgehead atoms. The highest BCUT2D eigenvalue weighted by molar-refractivity contribution is 5.71. The Morgan fingerprint density at radius 2 is 0.465 bits per heavy atom. The third kappa shape index (κ3) is 59.2. The number of ether oxygens (including phenoxy) is 3. The van der Waals surface area contributed by atoms with E-state index in [4.69, 9.17) is 14.2 Å².